The average molecular weight is 372 g/mol. The van der Waals surface area contributed by atoms with Crippen molar-refractivity contribution in [2.75, 3.05) is 6.61 Å². The van der Waals surface area contributed by atoms with Gasteiger partial charge in [0.2, 0.25) is 0 Å². The minimum absolute atomic E-state index is 0.0989. The van der Waals surface area contributed by atoms with Crippen LogP contribution in [0.4, 0.5) is 0 Å². The minimum Gasteiger partial charge on any atom is -0.375 e. The van der Waals surface area contributed by atoms with E-state index < -0.39 is 0 Å². The molecule has 2 heterocycles. The highest BCUT2D eigenvalue weighted by Gasteiger charge is 2.32. The number of ether oxygens (including phenoxy) is 1. The summed E-state index contributed by atoms with van der Waals surface area (Å²) < 4.78 is 9.24. The smallest absolute Gasteiger partial charge is 0.127 e. The third kappa shape index (κ3) is 2.99. The van der Waals surface area contributed by atoms with Crippen molar-refractivity contribution in [3.8, 4) is 0 Å². The Kier molecular flexibility index (Phi) is 4.06. The van der Waals surface area contributed by atoms with Gasteiger partial charge in [-0.3, -0.25) is 0 Å². The lowest BCUT2D eigenvalue weighted by molar-refractivity contribution is -0.0688. The third-order valence-corrected chi connectivity index (χ3v) is 4.76. The van der Waals surface area contributed by atoms with E-state index in [-0.39, 0.29) is 11.0 Å². The molecule has 2 aromatic rings. The number of hydrogen-bond donors (Lipinski definition) is 0. The van der Waals surface area contributed by atoms with Crippen LogP contribution in [0.25, 0.3) is 11.0 Å². The van der Waals surface area contributed by atoms with E-state index >= 15 is 0 Å². The van der Waals surface area contributed by atoms with E-state index in [1.165, 1.54) is 0 Å². The van der Waals surface area contributed by atoms with Crippen LogP contribution in [-0.2, 0) is 4.74 Å². The molecule has 1 fully saturated rings. The van der Waals surface area contributed by atoms with Gasteiger partial charge in [-0.05, 0) is 51.8 Å². The van der Waals surface area contributed by atoms with E-state index in [0.717, 1.165) is 40.8 Å². The molecule has 5 heteroatoms. The molecule has 2 unspecified atom stereocenters. The number of hydrogen-bond acceptors (Lipinski definition) is 2. The molecule has 0 bridgehead atoms. The minimum atomic E-state index is -0.109. The second kappa shape index (κ2) is 5.56. The summed E-state index contributed by atoms with van der Waals surface area (Å²) in [6.07, 6.45) is 1.97. The fraction of sp³-hybridized carbons (Fsp3) is 0.562. The molecule has 1 aliphatic heterocycles. The van der Waals surface area contributed by atoms with Crippen LogP contribution >= 0.6 is 27.5 Å². The maximum atomic E-state index is 6.38. The van der Waals surface area contributed by atoms with Crippen molar-refractivity contribution < 1.29 is 4.74 Å². The summed E-state index contributed by atoms with van der Waals surface area (Å²) in [6, 6.07) is 6.58. The molecule has 2 atom stereocenters. The Bertz CT molecular complexity index is 666. The van der Waals surface area contributed by atoms with Gasteiger partial charge >= 0.3 is 0 Å². The lowest BCUT2D eigenvalue weighted by atomic mass is 9.93. The van der Waals surface area contributed by atoms with Gasteiger partial charge in [0.15, 0.2) is 0 Å². The lowest BCUT2D eigenvalue weighted by Gasteiger charge is -2.37. The highest BCUT2D eigenvalue weighted by atomic mass is 79.9. The first-order chi connectivity index (χ1) is 9.87. The normalized spacial score (nSPS) is 23.4. The Labute approximate surface area is 138 Å². The van der Waals surface area contributed by atoms with Crippen molar-refractivity contribution in [2.45, 2.75) is 50.6 Å². The fourth-order valence-corrected chi connectivity index (χ4v) is 3.67. The highest BCUT2D eigenvalue weighted by Crippen LogP contribution is 2.37. The van der Waals surface area contributed by atoms with Gasteiger partial charge in [-0.15, -0.1) is 11.6 Å². The molecule has 0 saturated carbocycles. The van der Waals surface area contributed by atoms with E-state index in [0.29, 0.717) is 6.04 Å². The number of aromatic nitrogens is 2. The highest BCUT2D eigenvalue weighted by molar-refractivity contribution is 9.10. The predicted molar refractivity (Wildman–Crippen MR) is 90.0 cm³/mol. The van der Waals surface area contributed by atoms with Crippen LogP contribution in [0.3, 0.4) is 0 Å². The van der Waals surface area contributed by atoms with Gasteiger partial charge in [0.25, 0.3) is 0 Å². The molecule has 0 aliphatic carbocycles. The average Bonchev–Trinajstić information content (AvgIpc) is 2.76. The van der Waals surface area contributed by atoms with Gasteiger partial charge < -0.3 is 9.30 Å². The molecule has 1 aromatic heterocycles. The second-order valence-electron chi connectivity index (χ2n) is 6.34. The zero-order valence-electron chi connectivity index (χ0n) is 12.6. The van der Waals surface area contributed by atoms with Crippen LogP contribution in [0, 0.1) is 0 Å². The van der Waals surface area contributed by atoms with E-state index in [9.17, 15) is 0 Å². The fourth-order valence-electron chi connectivity index (χ4n) is 3.17. The molecular formula is C16H20BrClN2O. The summed E-state index contributed by atoms with van der Waals surface area (Å²) >= 11 is 9.94. The first-order valence-corrected chi connectivity index (χ1v) is 8.56. The van der Waals surface area contributed by atoms with E-state index in [1.807, 2.05) is 19.1 Å². The molecule has 0 spiro atoms. The van der Waals surface area contributed by atoms with E-state index in [4.69, 9.17) is 21.3 Å². The Hall–Kier alpha value is -0.580. The van der Waals surface area contributed by atoms with Crippen molar-refractivity contribution >= 4 is 38.6 Å². The number of nitrogens with zero attached hydrogens (tertiary/aromatic N) is 2. The van der Waals surface area contributed by atoms with Crippen molar-refractivity contribution in [3.63, 3.8) is 0 Å². The Morgan fingerprint density at radius 1 is 1.48 bits per heavy atom. The summed E-state index contributed by atoms with van der Waals surface area (Å²) in [5.74, 6) is 0.951. The van der Waals surface area contributed by atoms with Gasteiger partial charge in [-0.2, -0.15) is 0 Å². The molecular weight excluding hydrogens is 352 g/mol. The molecule has 0 radical (unpaired) electrons. The molecule has 114 valence electrons. The van der Waals surface area contributed by atoms with Gasteiger partial charge in [0.05, 0.1) is 22.0 Å². The molecule has 3 nitrogen and oxygen atoms in total. The molecule has 0 N–H and O–H groups in total. The van der Waals surface area contributed by atoms with Crippen LogP contribution < -0.4 is 0 Å². The molecule has 1 saturated heterocycles. The summed E-state index contributed by atoms with van der Waals surface area (Å²) in [7, 11) is 0. The number of halogens is 2. The molecule has 3 rings (SSSR count). The van der Waals surface area contributed by atoms with Crippen LogP contribution in [0.2, 0.25) is 0 Å². The Morgan fingerprint density at radius 2 is 2.24 bits per heavy atom. The van der Waals surface area contributed by atoms with Gasteiger partial charge in [-0.25, -0.2) is 4.98 Å². The van der Waals surface area contributed by atoms with Crippen LogP contribution in [0.1, 0.15) is 50.9 Å². The molecule has 0 amide bonds. The maximum absolute atomic E-state index is 6.38. The SMILES string of the molecule is CC(Cl)c1nc2ccc(Br)cc2n1C1CCOC(C)(C)C1. The first kappa shape index (κ1) is 15.3. The first-order valence-electron chi connectivity index (χ1n) is 7.33. The van der Waals surface area contributed by atoms with Crippen LogP contribution in [0.5, 0.6) is 0 Å². The Morgan fingerprint density at radius 3 is 2.90 bits per heavy atom. The van der Waals surface area contributed by atoms with Gasteiger partial charge in [-0.1, -0.05) is 15.9 Å². The van der Waals surface area contributed by atoms with E-state index in [1.54, 1.807) is 0 Å². The summed E-state index contributed by atoms with van der Waals surface area (Å²) in [6.45, 7) is 7.07. The second-order valence-corrected chi connectivity index (χ2v) is 7.91. The van der Waals surface area contributed by atoms with Crippen molar-refractivity contribution in [2.24, 2.45) is 0 Å². The molecule has 21 heavy (non-hydrogen) atoms. The zero-order chi connectivity index (χ0) is 15.2. The number of fused-ring (bicyclic) bond motifs is 1. The predicted octanol–water partition coefficient (Wildman–Crippen LogP) is 5.23. The number of imidazole rings is 1. The standard InChI is InChI=1S/C16H20BrClN2O/c1-10(18)15-19-13-5-4-11(17)8-14(13)20(15)12-6-7-21-16(2,3)9-12/h4-5,8,10,12H,6-7,9H2,1-3H3. The van der Waals surface area contributed by atoms with E-state index in [2.05, 4.69) is 40.4 Å². The van der Waals surface area contributed by atoms with Crippen molar-refractivity contribution in [1.82, 2.24) is 9.55 Å². The number of rotatable bonds is 2. The topological polar surface area (TPSA) is 27.1 Å². The van der Waals surface area contributed by atoms with Gasteiger partial charge in [0.1, 0.15) is 5.82 Å². The number of benzene rings is 1. The quantitative estimate of drug-likeness (QED) is 0.676. The third-order valence-electron chi connectivity index (χ3n) is 4.07. The maximum Gasteiger partial charge on any atom is 0.127 e. The molecule has 1 aromatic carbocycles. The van der Waals surface area contributed by atoms with Crippen molar-refractivity contribution in [1.29, 1.82) is 0 Å². The van der Waals surface area contributed by atoms with Crippen molar-refractivity contribution in [3.05, 3.63) is 28.5 Å². The summed E-state index contributed by atoms with van der Waals surface area (Å²) in [4.78, 5) is 4.75. The van der Waals surface area contributed by atoms with Crippen LogP contribution in [-0.4, -0.2) is 21.8 Å². The molecule has 1 aliphatic rings. The largest absolute Gasteiger partial charge is 0.375 e. The van der Waals surface area contributed by atoms with Gasteiger partial charge in [0, 0.05) is 17.1 Å². The number of alkyl halides is 1. The van der Waals surface area contributed by atoms with Crippen LogP contribution in [0.15, 0.2) is 22.7 Å². The Balaban J connectivity index is 2.14. The summed E-state index contributed by atoms with van der Waals surface area (Å²) in [5.41, 5.74) is 2.05. The summed E-state index contributed by atoms with van der Waals surface area (Å²) in [5, 5.41) is -0.109. The lowest BCUT2D eigenvalue weighted by Crippen LogP contribution is -2.35. The zero-order valence-corrected chi connectivity index (χ0v) is 14.9. The monoisotopic (exact) mass is 370 g/mol.